The number of nitrogen functional groups attached to an aromatic ring is 1. The standard InChI is InChI=1S/C33H43N5O2S/c1-8-24(40-28-15-16-35-17-20(28)3)18-36-19-27-22(5)41-32(38-27)29(33(6,7)31(39)23-11-10-12-23)25-13-14-26(37-9-2)30(34)21(25)4/h10-17,24,29,36-37H,8-9,18-19,34H2,1-7H3/t24-,29-/m1/s1. The van der Waals surface area contributed by atoms with Gasteiger partial charge in [-0.3, -0.25) is 9.78 Å². The van der Waals surface area contributed by atoms with E-state index in [1.807, 2.05) is 64.3 Å². The molecule has 4 rings (SSSR count). The van der Waals surface area contributed by atoms with Gasteiger partial charge in [-0.05, 0) is 57.4 Å². The third-order valence-electron chi connectivity index (χ3n) is 7.89. The van der Waals surface area contributed by atoms with E-state index in [0.717, 1.165) is 62.2 Å². The molecule has 0 fully saturated rings. The first-order valence-corrected chi connectivity index (χ1v) is 15.2. The Morgan fingerprint density at radius 2 is 1.93 bits per heavy atom. The highest BCUT2D eigenvalue weighted by Gasteiger charge is 2.42. The summed E-state index contributed by atoms with van der Waals surface area (Å²) in [6, 6.07) is 6.04. The van der Waals surface area contributed by atoms with Gasteiger partial charge in [-0.1, -0.05) is 45.1 Å². The Balaban J connectivity index is 1.60. The molecule has 218 valence electrons. The summed E-state index contributed by atoms with van der Waals surface area (Å²) in [5, 5.41) is 7.83. The van der Waals surface area contributed by atoms with Gasteiger partial charge < -0.3 is 21.1 Å². The second kappa shape index (κ2) is 13.0. The Labute approximate surface area is 248 Å². The van der Waals surface area contributed by atoms with Crippen LogP contribution >= 0.6 is 11.3 Å². The van der Waals surface area contributed by atoms with Crippen molar-refractivity contribution >= 4 is 28.5 Å². The van der Waals surface area contributed by atoms with E-state index in [1.165, 1.54) is 0 Å². The molecule has 41 heavy (non-hydrogen) atoms. The molecule has 3 aromatic rings. The first kappa shape index (κ1) is 30.5. The number of allylic oxidation sites excluding steroid dienone is 4. The van der Waals surface area contributed by atoms with Gasteiger partial charge in [0.1, 0.15) is 16.9 Å². The Kier molecular flexibility index (Phi) is 9.66. The number of benzene rings is 1. The number of ketones is 1. The summed E-state index contributed by atoms with van der Waals surface area (Å²) in [7, 11) is 0. The number of carbonyl (C=O) groups excluding carboxylic acids is 1. The number of nitrogens with zero attached hydrogens (tertiary/aromatic N) is 2. The van der Waals surface area contributed by atoms with Crippen molar-refractivity contribution in [2.75, 3.05) is 24.1 Å². The first-order valence-electron chi connectivity index (χ1n) is 14.4. The van der Waals surface area contributed by atoms with Crippen molar-refractivity contribution in [1.29, 1.82) is 0 Å². The van der Waals surface area contributed by atoms with Gasteiger partial charge in [-0.15, -0.1) is 11.3 Å². The number of carbonyl (C=O) groups is 1. The fourth-order valence-electron chi connectivity index (χ4n) is 5.21. The lowest BCUT2D eigenvalue weighted by Crippen LogP contribution is -2.34. The van der Waals surface area contributed by atoms with Crippen LogP contribution in [0, 0.1) is 26.2 Å². The van der Waals surface area contributed by atoms with Crippen LogP contribution < -0.4 is 21.1 Å². The first-order chi connectivity index (χ1) is 19.6. The number of anilines is 2. The van der Waals surface area contributed by atoms with Gasteiger partial charge in [0.25, 0.3) is 0 Å². The molecule has 0 spiro atoms. The predicted molar refractivity (Wildman–Crippen MR) is 170 cm³/mol. The summed E-state index contributed by atoms with van der Waals surface area (Å²) in [6.45, 7) is 16.5. The highest BCUT2D eigenvalue weighted by atomic mass is 32.1. The maximum atomic E-state index is 13.7. The molecule has 7 nitrogen and oxygen atoms in total. The van der Waals surface area contributed by atoms with Crippen LogP contribution in [0.5, 0.6) is 5.75 Å². The second-order valence-corrected chi connectivity index (χ2v) is 12.4. The van der Waals surface area contributed by atoms with Gasteiger partial charge in [0.15, 0.2) is 5.78 Å². The monoisotopic (exact) mass is 573 g/mol. The summed E-state index contributed by atoms with van der Waals surface area (Å²) < 4.78 is 6.24. The van der Waals surface area contributed by atoms with Gasteiger partial charge in [0, 0.05) is 59.4 Å². The maximum absolute atomic E-state index is 13.7. The van der Waals surface area contributed by atoms with Crippen LogP contribution in [0.3, 0.4) is 0 Å². The van der Waals surface area contributed by atoms with Crippen molar-refractivity contribution in [3.8, 4) is 5.75 Å². The largest absolute Gasteiger partial charge is 0.489 e. The second-order valence-electron chi connectivity index (χ2n) is 11.2. The van der Waals surface area contributed by atoms with E-state index in [2.05, 4.69) is 42.5 Å². The number of hydrogen-bond acceptors (Lipinski definition) is 8. The van der Waals surface area contributed by atoms with E-state index >= 15 is 0 Å². The van der Waals surface area contributed by atoms with Gasteiger partial charge in [0.05, 0.1) is 17.1 Å². The molecule has 1 aliphatic rings. The molecule has 4 N–H and O–H groups in total. The highest BCUT2D eigenvalue weighted by molar-refractivity contribution is 7.11. The molecule has 1 aromatic carbocycles. The molecule has 1 aliphatic carbocycles. The zero-order chi connectivity index (χ0) is 29.7. The number of ether oxygens (including phenoxy) is 1. The summed E-state index contributed by atoms with van der Waals surface area (Å²) in [5.41, 5.74) is 12.3. The number of pyridine rings is 1. The molecule has 0 saturated carbocycles. The summed E-state index contributed by atoms with van der Waals surface area (Å²) in [4.78, 5) is 24.2. The van der Waals surface area contributed by atoms with Gasteiger partial charge in [0.2, 0.25) is 0 Å². The van der Waals surface area contributed by atoms with E-state index in [-0.39, 0.29) is 17.8 Å². The minimum Gasteiger partial charge on any atom is -0.489 e. The number of rotatable bonds is 14. The van der Waals surface area contributed by atoms with Crippen LogP contribution in [-0.4, -0.2) is 34.9 Å². The molecule has 2 heterocycles. The number of hydrogen-bond donors (Lipinski definition) is 3. The van der Waals surface area contributed by atoms with Crippen LogP contribution in [0.2, 0.25) is 0 Å². The van der Waals surface area contributed by atoms with Crippen LogP contribution in [-0.2, 0) is 11.3 Å². The minimum absolute atomic E-state index is 0.0310. The van der Waals surface area contributed by atoms with E-state index in [9.17, 15) is 4.79 Å². The molecule has 8 heteroatoms. The van der Waals surface area contributed by atoms with Gasteiger partial charge in [-0.2, -0.15) is 0 Å². The Bertz CT molecular complexity index is 1460. The summed E-state index contributed by atoms with van der Waals surface area (Å²) >= 11 is 1.66. The molecule has 0 bridgehead atoms. The molecule has 2 aromatic heterocycles. The van der Waals surface area contributed by atoms with Gasteiger partial charge in [-0.25, -0.2) is 4.98 Å². The van der Waals surface area contributed by atoms with Crippen molar-refractivity contribution in [1.82, 2.24) is 15.3 Å². The molecule has 0 saturated heterocycles. The summed E-state index contributed by atoms with van der Waals surface area (Å²) in [5.74, 6) is 0.726. The quantitative estimate of drug-likeness (QED) is 0.186. The Morgan fingerprint density at radius 3 is 2.56 bits per heavy atom. The number of Topliss-reactive ketones (excluding diaryl/α,β-unsaturated/α-hetero) is 1. The molecule has 0 unspecified atom stereocenters. The third-order valence-corrected chi connectivity index (χ3v) is 8.97. The van der Waals surface area contributed by atoms with Crippen LogP contribution in [0.25, 0.3) is 0 Å². The maximum Gasteiger partial charge on any atom is 0.169 e. The van der Waals surface area contributed by atoms with Crippen LogP contribution in [0.4, 0.5) is 11.4 Å². The van der Waals surface area contributed by atoms with Crippen LogP contribution in [0.1, 0.15) is 72.3 Å². The SMILES string of the molecule is CCNc1ccc([C@H](c2nc(CNC[C@@H](CC)Oc3ccncc3C)c(C)s2)C(C)(C)C(=O)C2=CC=C2)c(C)c1N. The van der Waals surface area contributed by atoms with Gasteiger partial charge >= 0.3 is 0 Å². The molecular weight excluding hydrogens is 530 g/mol. The van der Waals surface area contributed by atoms with Crippen molar-refractivity contribution in [3.05, 3.63) is 86.7 Å². The zero-order valence-corrected chi connectivity index (χ0v) is 26.1. The zero-order valence-electron chi connectivity index (χ0n) is 25.3. The van der Waals surface area contributed by atoms with E-state index in [4.69, 9.17) is 15.5 Å². The number of aryl methyl sites for hydroxylation is 2. The highest BCUT2D eigenvalue weighted by Crippen LogP contribution is 2.47. The molecule has 0 radical (unpaired) electrons. The van der Waals surface area contributed by atoms with E-state index in [0.29, 0.717) is 18.8 Å². The lowest BCUT2D eigenvalue weighted by Gasteiger charge is -2.34. The molecule has 0 aliphatic heterocycles. The topological polar surface area (TPSA) is 102 Å². The number of thiazole rings is 1. The third kappa shape index (κ3) is 6.54. The van der Waals surface area contributed by atoms with Crippen LogP contribution in [0.15, 0.2) is 54.4 Å². The van der Waals surface area contributed by atoms with Crippen molar-refractivity contribution < 1.29 is 9.53 Å². The van der Waals surface area contributed by atoms with Crippen molar-refractivity contribution in [3.63, 3.8) is 0 Å². The number of nitrogens with two attached hydrogens (primary N) is 1. The predicted octanol–water partition coefficient (Wildman–Crippen LogP) is 6.65. The normalized spacial score (nSPS) is 14.3. The fourth-order valence-corrected chi connectivity index (χ4v) is 6.46. The Morgan fingerprint density at radius 1 is 1.17 bits per heavy atom. The smallest absolute Gasteiger partial charge is 0.169 e. The van der Waals surface area contributed by atoms with Crippen molar-refractivity contribution in [2.45, 2.75) is 73.5 Å². The molecule has 0 amide bonds. The number of nitrogens with one attached hydrogen (secondary N) is 2. The minimum atomic E-state index is -0.730. The average molecular weight is 574 g/mol. The fraction of sp³-hybridized carbons (Fsp3) is 0.424. The van der Waals surface area contributed by atoms with E-state index in [1.54, 1.807) is 17.5 Å². The van der Waals surface area contributed by atoms with E-state index < -0.39 is 5.41 Å². The number of aromatic nitrogens is 2. The van der Waals surface area contributed by atoms with Crippen molar-refractivity contribution in [2.24, 2.45) is 5.41 Å². The lowest BCUT2D eigenvalue weighted by atomic mass is 9.68. The average Bonchev–Trinajstić information content (AvgIpc) is 3.27. The molecular formula is C33H43N5O2S. The molecule has 2 atom stereocenters. The summed E-state index contributed by atoms with van der Waals surface area (Å²) in [6.07, 6.45) is 10.2. The lowest BCUT2D eigenvalue weighted by molar-refractivity contribution is -0.123. The Hall–Kier alpha value is -3.49.